The average molecular weight is 498 g/mol. The monoisotopic (exact) mass is 498 g/mol. The van der Waals surface area contributed by atoms with E-state index in [9.17, 15) is 4.79 Å². The van der Waals surface area contributed by atoms with Crippen LogP contribution < -0.4 is 10.6 Å². The molecule has 2 aromatic rings. The Kier molecular flexibility index (Phi) is 9.01. The third-order valence-corrected chi connectivity index (χ3v) is 5.04. The van der Waals surface area contributed by atoms with Gasteiger partial charge in [-0.15, -0.1) is 24.0 Å². The Morgan fingerprint density at radius 1 is 1.18 bits per heavy atom. The fourth-order valence-electron chi connectivity index (χ4n) is 3.56. The molecule has 1 saturated heterocycles. The number of rotatable bonds is 6. The van der Waals surface area contributed by atoms with E-state index in [0.29, 0.717) is 12.5 Å². The number of carbonyl (C=O) groups excluding carboxylic acids is 1. The number of carbonyl (C=O) groups is 1. The lowest BCUT2D eigenvalue weighted by molar-refractivity contribution is -0.130. The lowest BCUT2D eigenvalue weighted by Gasteiger charge is -2.27. The molecule has 154 valence electrons. The molecule has 1 amide bonds. The molecule has 0 aliphatic carbocycles. The number of aryl methyl sites for hydroxylation is 2. The third-order valence-electron chi connectivity index (χ3n) is 5.04. The van der Waals surface area contributed by atoms with Gasteiger partial charge < -0.3 is 20.1 Å². The van der Waals surface area contributed by atoms with Crippen molar-refractivity contribution in [2.75, 3.05) is 33.2 Å². The molecule has 0 atom stereocenters. The standard InChI is InChI=1S/C20H30N6O.HI/c1-16-24-17-9-4-5-10-18(17)26(16)14-8-11-22-20(21-2)23-15-19(27)25-12-6-3-7-13-25;/h4-5,9-10H,3,6-8,11-15H2,1-2H3,(H2,21,22,23);1H. The van der Waals surface area contributed by atoms with Gasteiger partial charge >= 0.3 is 0 Å². The SMILES string of the molecule is CN=C(NCCCn1c(C)nc2ccccc21)NCC(=O)N1CCCCC1.I. The maximum absolute atomic E-state index is 12.2. The quantitative estimate of drug-likeness (QED) is 0.278. The van der Waals surface area contributed by atoms with Crippen LogP contribution in [0.3, 0.4) is 0 Å². The van der Waals surface area contributed by atoms with Gasteiger partial charge in [0.05, 0.1) is 17.6 Å². The van der Waals surface area contributed by atoms with Crippen molar-refractivity contribution in [1.29, 1.82) is 0 Å². The first kappa shape index (κ1) is 22.4. The summed E-state index contributed by atoms with van der Waals surface area (Å²) in [6, 6.07) is 8.21. The summed E-state index contributed by atoms with van der Waals surface area (Å²) in [5.41, 5.74) is 2.21. The summed E-state index contributed by atoms with van der Waals surface area (Å²) < 4.78 is 2.24. The molecule has 0 spiro atoms. The first-order valence-electron chi connectivity index (χ1n) is 9.83. The van der Waals surface area contributed by atoms with E-state index in [2.05, 4.69) is 31.2 Å². The van der Waals surface area contributed by atoms with Crippen LogP contribution in [0.25, 0.3) is 11.0 Å². The van der Waals surface area contributed by atoms with E-state index in [4.69, 9.17) is 0 Å². The molecule has 0 saturated carbocycles. The smallest absolute Gasteiger partial charge is 0.241 e. The Balaban J connectivity index is 0.00000280. The number of hydrogen-bond donors (Lipinski definition) is 2. The van der Waals surface area contributed by atoms with Crippen LogP contribution in [0.4, 0.5) is 0 Å². The summed E-state index contributed by atoms with van der Waals surface area (Å²) in [6.45, 7) is 5.77. The van der Waals surface area contributed by atoms with Crippen LogP contribution in [-0.2, 0) is 11.3 Å². The number of hydrogen-bond acceptors (Lipinski definition) is 3. The summed E-state index contributed by atoms with van der Waals surface area (Å²) in [5, 5.41) is 6.42. The Bertz CT molecular complexity index is 797. The van der Waals surface area contributed by atoms with Crippen LogP contribution >= 0.6 is 24.0 Å². The number of aliphatic imine (C=N–C) groups is 1. The molecule has 1 aliphatic heterocycles. The second-order valence-electron chi connectivity index (χ2n) is 6.95. The van der Waals surface area contributed by atoms with Gasteiger partial charge in [-0.05, 0) is 44.7 Å². The molecule has 3 rings (SSSR count). The maximum atomic E-state index is 12.2. The van der Waals surface area contributed by atoms with E-state index in [0.717, 1.165) is 56.8 Å². The largest absolute Gasteiger partial charge is 0.356 e. The normalized spacial score (nSPS) is 14.6. The van der Waals surface area contributed by atoms with Crippen LogP contribution in [0, 0.1) is 6.92 Å². The Hall–Kier alpha value is -1.84. The zero-order chi connectivity index (χ0) is 19.1. The molecule has 0 radical (unpaired) electrons. The summed E-state index contributed by atoms with van der Waals surface area (Å²) in [4.78, 5) is 23.0. The number of amides is 1. The highest BCUT2D eigenvalue weighted by Gasteiger charge is 2.16. The number of para-hydroxylation sites is 2. The number of benzene rings is 1. The molecule has 1 aliphatic rings. The van der Waals surface area contributed by atoms with E-state index in [-0.39, 0.29) is 29.9 Å². The minimum absolute atomic E-state index is 0. The zero-order valence-electron chi connectivity index (χ0n) is 16.8. The molecule has 1 fully saturated rings. The summed E-state index contributed by atoms with van der Waals surface area (Å²) >= 11 is 0. The van der Waals surface area contributed by atoms with E-state index in [1.165, 1.54) is 11.9 Å². The Labute approximate surface area is 184 Å². The molecule has 2 N–H and O–H groups in total. The first-order chi connectivity index (χ1) is 13.2. The average Bonchev–Trinajstić information content (AvgIpc) is 3.03. The second-order valence-corrected chi connectivity index (χ2v) is 6.95. The lowest BCUT2D eigenvalue weighted by Crippen LogP contribution is -2.46. The van der Waals surface area contributed by atoms with Crippen molar-refractivity contribution in [2.45, 2.75) is 39.2 Å². The highest BCUT2D eigenvalue weighted by molar-refractivity contribution is 14.0. The van der Waals surface area contributed by atoms with E-state index < -0.39 is 0 Å². The maximum Gasteiger partial charge on any atom is 0.241 e. The van der Waals surface area contributed by atoms with Gasteiger partial charge in [-0.2, -0.15) is 0 Å². The molecular weight excluding hydrogens is 467 g/mol. The molecule has 28 heavy (non-hydrogen) atoms. The van der Waals surface area contributed by atoms with Gasteiger partial charge in [-0.3, -0.25) is 9.79 Å². The number of likely N-dealkylation sites (tertiary alicyclic amines) is 1. The second kappa shape index (κ2) is 11.2. The van der Waals surface area contributed by atoms with Gasteiger partial charge in [0.1, 0.15) is 5.82 Å². The Morgan fingerprint density at radius 2 is 1.93 bits per heavy atom. The van der Waals surface area contributed by atoms with E-state index in [1.54, 1.807) is 7.05 Å². The number of nitrogens with zero attached hydrogens (tertiary/aromatic N) is 4. The molecule has 8 heteroatoms. The number of piperidine rings is 1. The van der Waals surface area contributed by atoms with Crippen molar-refractivity contribution in [3.8, 4) is 0 Å². The number of nitrogens with one attached hydrogen (secondary N) is 2. The van der Waals surface area contributed by atoms with Crippen LogP contribution in [0.15, 0.2) is 29.3 Å². The van der Waals surface area contributed by atoms with Crippen LogP contribution in [0.1, 0.15) is 31.5 Å². The predicted octanol–water partition coefficient (Wildman–Crippen LogP) is 2.53. The van der Waals surface area contributed by atoms with Gasteiger partial charge in [0.25, 0.3) is 0 Å². The van der Waals surface area contributed by atoms with Crippen molar-refractivity contribution in [1.82, 2.24) is 25.1 Å². The number of imidazole rings is 1. The van der Waals surface area contributed by atoms with E-state index in [1.807, 2.05) is 30.0 Å². The van der Waals surface area contributed by atoms with Crippen molar-refractivity contribution in [3.05, 3.63) is 30.1 Å². The number of fused-ring (bicyclic) bond motifs is 1. The van der Waals surface area contributed by atoms with Crippen molar-refractivity contribution < 1.29 is 4.79 Å². The molecule has 2 heterocycles. The molecule has 0 bridgehead atoms. The fraction of sp³-hybridized carbons (Fsp3) is 0.550. The van der Waals surface area contributed by atoms with Crippen LogP contribution in [0.5, 0.6) is 0 Å². The lowest BCUT2D eigenvalue weighted by atomic mass is 10.1. The highest BCUT2D eigenvalue weighted by atomic mass is 127. The van der Waals surface area contributed by atoms with E-state index >= 15 is 0 Å². The number of aromatic nitrogens is 2. The Morgan fingerprint density at radius 3 is 2.68 bits per heavy atom. The number of guanidine groups is 1. The predicted molar refractivity (Wildman–Crippen MR) is 124 cm³/mol. The fourth-order valence-corrected chi connectivity index (χ4v) is 3.56. The first-order valence-corrected chi connectivity index (χ1v) is 9.83. The zero-order valence-corrected chi connectivity index (χ0v) is 19.1. The minimum Gasteiger partial charge on any atom is -0.356 e. The summed E-state index contributed by atoms with van der Waals surface area (Å²) in [5.74, 6) is 1.86. The van der Waals surface area contributed by atoms with Crippen LogP contribution in [0.2, 0.25) is 0 Å². The molecule has 7 nitrogen and oxygen atoms in total. The molecule has 1 aromatic carbocycles. The summed E-state index contributed by atoms with van der Waals surface area (Å²) in [6.07, 6.45) is 4.40. The van der Waals surface area contributed by atoms with Crippen molar-refractivity contribution >= 4 is 46.9 Å². The summed E-state index contributed by atoms with van der Waals surface area (Å²) in [7, 11) is 1.73. The molecule has 0 unspecified atom stereocenters. The van der Waals surface area contributed by atoms with Crippen molar-refractivity contribution in [3.63, 3.8) is 0 Å². The van der Waals surface area contributed by atoms with Gasteiger partial charge in [0.15, 0.2) is 5.96 Å². The minimum atomic E-state index is 0. The van der Waals surface area contributed by atoms with Crippen molar-refractivity contribution in [2.24, 2.45) is 4.99 Å². The molecule has 1 aromatic heterocycles. The van der Waals surface area contributed by atoms with Gasteiger partial charge in [0.2, 0.25) is 5.91 Å². The van der Waals surface area contributed by atoms with Crippen LogP contribution in [-0.4, -0.2) is 59.5 Å². The molecular formula is C20H31IN6O. The van der Waals surface area contributed by atoms with Gasteiger partial charge in [-0.1, -0.05) is 12.1 Å². The highest BCUT2D eigenvalue weighted by Crippen LogP contribution is 2.15. The van der Waals surface area contributed by atoms with Gasteiger partial charge in [-0.25, -0.2) is 4.98 Å². The third kappa shape index (κ3) is 5.83. The number of halogens is 1. The topological polar surface area (TPSA) is 74.5 Å². The van der Waals surface area contributed by atoms with Gasteiger partial charge in [0, 0.05) is 33.2 Å².